The Bertz CT molecular complexity index is 1860. The van der Waals surface area contributed by atoms with E-state index in [4.69, 9.17) is 0 Å². The number of rotatable bonds is 13. The maximum absolute atomic E-state index is 12.6. The molecular weight excluding hydrogens is 631 g/mol. The number of likely N-dealkylation sites (N-methyl/N-ethyl adjacent to an activating group) is 1. The van der Waals surface area contributed by atoms with Crippen LogP contribution in [-0.4, -0.2) is 48.8 Å². The second-order valence-electron chi connectivity index (χ2n) is 15.2. The summed E-state index contributed by atoms with van der Waals surface area (Å²) in [5.41, 5.74) is 6.16. The van der Waals surface area contributed by atoms with Crippen LogP contribution in [0, 0.1) is 17.8 Å². The smallest absolute Gasteiger partial charge is 0.294 e. The van der Waals surface area contributed by atoms with Crippen molar-refractivity contribution in [2.45, 2.75) is 88.9 Å². The third kappa shape index (κ3) is 7.00. The van der Waals surface area contributed by atoms with Gasteiger partial charge >= 0.3 is 0 Å². The van der Waals surface area contributed by atoms with E-state index in [0.29, 0.717) is 24.2 Å². The SMILES string of the molecule is CCN1C(=CC=CC=CC2=[N+](CCCCCC(=O)NC[C@@H]3CC4C=CC3C4)c3ccc(S(=O)(=O)O)cc3C2(C)C)C(C)(C)c2ccccc21. The zero-order valence-electron chi connectivity index (χ0n) is 29.7. The number of anilines is 1. The Kier molecular flexibility index (Phi) is 9.93. The first-order valence-corrected chi connectivity index (χ1v) is 19.4. The first kappa shape index (κ1) is 35.1. The van der Waals surface area contributed by atoms with Crippen LogP contribution in [0.1, 0.15) is 84.3 Å². The van der Waals surface area contributed by atoms with Crippen LogP contribution < -0.4 is 10.2 Å². The number of nitrogens with one attached hydrogen (secondary N) is 1. The van der Waals surface area contributed by atoms with Crippen molar-refractivity contribution in [1.82, 2.24) is 5.32 Å². The van der Waals surface area contributed by atoms with E-state index >= 15 is 0 Å². The molecule has 1 fully saturated rings. The average molecular weight is 683 g/mol. The second kappa shape index (κ2) is 13.9. The number of unbranched alkanes of at least 4 members (excludes halogenated alkanes) is 2. The van der Waals surface area contributed by atoms with Gasteiger partial charge in [-0.2, -0.15) is 13.0 Å². The molecule has 7 nitrogen and oxygen atoms in total. The van der Waals surface area contributed by atoms with Gasteiger partial charge in [0, 0.05) is 60.4 Å². The van der Waals surface area contributed by atoms with Gasteiger partial charge in [-0.05, 0) is 94.0 Å². The molecule has 2 heterocycles. The van der Waals surface area contributed by atoms with Crippen molar-refractivity contribution in [1.29, 1.82) is 0 Å². The molecule has 3 atom stereocenters. The number of hydrogen-bond acceptors (Lipinski definition) is 4. The molecular formula is C41H52N3O4S+. The number of para-hydroxylation sites is 1. The van der Waals surface area contributed by atoms with Gasteiger partial charge in [0.15, 0.2) is 5.71 Å². The van der Waals surface area contributed by atoms with Gasteiger partial charge in [0.05, 0.1) is 10.3 Å². The average Bonchev–Trinajstić information content (AvgIpc) is 3.79. The molecule has 2 unspecified atom stereocenters. The Morgan fingerprint density at radius 1 is 0.980 bits per heavy atom. The molecule has 49 heavy (non-hydrogen) atoms. The molecule has 2 aromatic rings. The number of carbonyl (C=O) groups excluding carboxylic acids is 1. The van der Waals surface area contributed by atoms with E-state index < -0.39 is 15.5 Å². The highest BCUT2D eigenvalue weighted by Gasteiger charge is 2.45. The predicted molar refractivity (Wildman–Crippen MR) is 198 cm³/mol. The molecule has 4 aliphatic rings. The fraction of sp³-hybridized carbons (Fsp3) is 0.463. The summed E-state index contributed by atoms with van der Waals surface area (Å²) in [6, 6.07) is 13.5. The van der Waals surface area contributed by atoms with E-state index in [1.807, 2.05) is 0 Å². The Morgan fingerprint density at radius 3 is 2.49 bits per heavy atom. The summed E-state index contributed by atoms with van der Waals surface area (Å²) in [4.78, 5) is 14.9. The van der Waals surface area contributed by atoms with Crippen LogP contribution in [0.5, 0.6) is 0 Å². The lowest BCUT2D eigenvalue weighted by molar-refractivity contribution is -0.438. The third-order valence-corrected chi connectivity index (χ3v) is 12.1. The van der Waals surface area contributed by atoms with Crippen molar-refractivity contribution in [2.24, 2.45) is 17.8 Å². The summed E-state index contributed by atoms with van der Waals surface area (Å²) in [6.45, 7) is 13.3. The highest BCUT2D eigenvalue weighted by Crippen LogP contribution is 2.47. The van der Waals surface area contributed by atoms with Crippen molar-refractivity contribution in [3.8, 4) is 0 Å². The Morgan fingerprint density at radius 2 is 1.78 bits per heavy atom. The standard InChI is InChI=1S/C41H51N3O4S/c1-6-43-35-16-13-12-15-33(35)40(2,3)37(43)17-9-7-10-18-38-41(4,5)34-27-32(49(46,47)48)22-23-36(34)44(38)24-14-8-11-19-39(45)42-28-31-26-29-20-21-30(31)25-29/h7,9-10,12-13,15-18,20-23,27,29-31H,6,8,11,14,19,24-26,28H2,1-5H3,(H-,42,45,46,47,48)/p+1/t29?,30?,31-/m0/s1. The molecule has 2 bridgehead atoms. The number of allylic oxidation sites excluding steroid dienone is 8. The van der Waals surface area contributed by atoms with E-state index in [2.05, 4.69) is 116 Å². The molecule has 6 rings (SSSR count). The Hall–Kier alpha value is -3.75. The number of fused-ring (bicyclic) bond motifs is 4. The molecule has 0 aromatic heterocycles. The van der Waals surface area contributed by atoms with E-state index in [0.717, 1.165) is 55.9 Å². The number of benzene rings is 2. The molecule has 8 heteroatoms. The molecule has 0 spiro atoms. The third-order valence-electron chi connectivity index (χ3n) is 11.3. The van der Waals surface area contributed by atoms with Crippen molar-refractivity contribution in [3.05, 3.63) is 102 Å². The van der Waals surface area contributed by atoms with Crippen LogP contribution >= 0.6 is 0 Å². The lowest BCUT2D eigenvalue weighted by atomic mass is 9.81. The number of nitrogens with zero attached hydrogens (tertiary/aromatic N) is 2. The summed E-state index contributed by atoms with van der Waals surface area (Å²) in [7, 11) is -4.33. The molecule has 0 saturated heterocycles. The minimum atomic E-state index is -4.33. The fourth-order valence-electron chi connectivity index (χ4n) is 8.59. The highest BCUT2D eigenvalue weighted by molar-refractivity contribution is 7.85. The van der Waals surface area contributed by atoms with Crippen LogP contribution in [0.3, 0.4) is 0 Å². The normalized spacial score (nSPS) is 24.2. The van der Waals surface area contributed by atoms with Crippen LogP contribution in [0.2, 0.25) is 0 Å². The van der Waals surface area contributed by atoms with Gasteiger partial charge in [-0.1, -0.05) is 62.4 Å². The topological polar surface area (TPSA) is 89.7 Å². The Labute approximate surface area is 292 Å². The van der Waals surface area contributed by atoms with Crippen molar-refractivity contribution in [2.75, 3.05) is 24.5 Å². The maximum atomic E-state index is 12.6. The van der Waals surface area contributed by atoms with E-state index in [1.54, 1.807) is 12.1 Å². The largest absolute Gasteiger partial charge is 0.356 e. The second-order valence-corrected chi connectivity index (χ2v) is 16.6. The maximum Gasteiger partial charge on any atom is 0.294 e. The van der Waals surface area contributed by atoms with Gasteiger partial charge in [0.1, 0.15) is 6.54 Å². The van der Waals surface area contributed by atoms with Gasteiger partial charge < -0.3 is 10.2 Å². The van der Waals surface area contributed by atoms with Crippen LogP contribution in [0.25, 0.3) is 0 Å². The van der Waals surface area contributed by atoms with Gasteiger partial charge in [-0.25, -0.2) is 0 Å². The van der Waals surface area contributed by atoms with Crippen LogP contribution in [0.4, 0.5) is 11.4 Å². The van der Waals surface area contributed by atoms with Crippen molar-refractivity contribution < 1.29 is 22.3 Å². The van der Waals surface area contributed by atoms with Gasteiger partial charge in [-0.3, -0.25) is 9.35 Å². The molecule has 0 radical (unpaired) electrons. The summed E-state index contributed by atoms with van der Waals surface area (Å²) < 4.78 is 36.2. The van der Waals surface area contributed by atoms with E-state index in [1.165, 1.54) is 35.9 Å². The van der Waals surface area contributed by atoms with Crippen LogP contribution in [0.15, 0.2) is 95.6 Å². The lowest BCUT2D eigenvalue weighted by Gasteiger charge is -2.25. The summed E-state index contributed by atoms with van der Waals surface area (Å²) >= 11 is 0. The zero-order valence-corrected chi connectivity index (χ0v) is 30.5. The molecule has 260 valence electrons. The van der Waals surface area contributed by atoms with E-state index in [-0.39, 0.29) is 16.2 Å². The van der Waals surface area contributed by atoms with E-state index in [9.17, 15) is 17.8 Å². The van der Waals surface area contributed by atoms with Gasteiger partial charge in [0.2, 0.25) is 11.6 Å². The molecule has 1 saturated carbocycles. The number of carbonyl (C=O) groups is 1. The first-order valence-electron chi connectivity index (χ1n) is 18.0. The monoisotopic (exact) mass is 682 g/mol. The first-order chi connectivity index (χ1) is 23.3. The van der Waals surface area contributed by atoms with Gasteiger partial charge in [0.25, 0.3) is 10.1 Å². The zero-order chi connectivity index (χ0) is 35.0. The molecule has 1 amide bonds. The summed E-state index contributed by atoms with van der Waals surface area (Å²) in [6.07, 6.45) is 20.8. The predicted octanol–water partition coefficient (Wildman–Crippen LogP) is 8.01. The van der Waals surface area contributed by atoms with Gasteiger partial charge in [-0.15, -0.1) is 0 Å². The summed E-state index contributed by atoms with van der Waals surface area (Å²) in [5.74, 6) is 2.08. The molecule has 2 aliphatic carbocycles. The minimum absolute atomic E-state index is 0.0934. The summed E-state index contributed by atoms with van der Waals surface area (Å²) in [5, 5.41) is 3.18. The highest BCUT2D eigenvalue weighted by atomic mass is 32.2. The minimum Gasteiger partial charge on any atom is -0.356 e. The number of hydrogen-bond donors (Lipinski definition) is 2. The Balaban J connectivity index is 1.14. The fourth-order valence-corrected chi connectivity index (χ4v) is 9.10. The lowest BCUT2D eigenvalue weighted by Crippen LogP contribution is -2.30. The van der Waals surface area contributed by atoms with Crippen molar-refractivity contribution in [3.63, 3.8) is 0 Å². The molecule has 2 N–H and O–H groups in total. The van der Waals surface area contributed by atoms with Crippen molar-refractivity contribution >= 4 is 33.1 Å². The van der Waals surface area contributed by atoms with Crippen LogP contribution in [-0.2, 0) is 25.7 Å². The molecule has 2 aromatic carbocycles. The quantitative estimate of drug-likeness (QED) is 0.0735. The number of amides is 1. The molecule has 2 aliphatic heterocycles.